The number of aliphatic hydroxyl groups excluding tert-OH is 1. The van der Waals surface area contributed by atoms with Crippen molar-refractivity contribution >= 4 is 11.3 Å². The number of halogens is 3. The molecule has 0 aliphatic carbocycles. The smallest absolute Gasteiger partial charge is 0.194 e. The summed E-state index contributed by atoms with van der Waals surface area (Å²) in [4.78, 5) is 0. The molecular weight excluding hydrogens is 287 g/mol. The van der Waals surface area contributed by atoms with Gasteiger partial charge < -0.3 is 10.4 Å². The molecule has 2 aromatic rings. The Morgan fingerprint density at radius 3 is 2.35 bits per heavy atom. The average Bonchev–Trinajstić information content (AvgIpc) is 2.95. The summed E-state index contributed by atoms with van der Waals surface area (Å²) in [5.41, 5.74) is 1.18. The molecule has 6 heteroatoms. The van der Waals surface area contributed by atoms with E-state index in [1.165, 1.54) is 11.3 Å². The molecule has 2 nitrogen and oxygen atoms in total. The first-order valence-corrected chi connectivity index (χ1v) is 7.00. The molecule has 0 saturated carbocycles. The van der Waals surface area contributed by atoms with Gasteiger partial charge in [0.2, 0.25) is 0 Å². The van der Waals surface area contributed by atoms with Crippen LogP contribution in [0.4, 0.5) is 13.2 Å². The molecule has 108 valence electrons. The lowest BCUT2D eigenvalue weighted by Gasteiger charge is -2.22. The minimum atomic E-state index is -1.50. The molecule has 1 aromatic carbocycles. The van der Waals surface area contributed by atoms with E-state index >= 15 is 0 Å². The highest BCUT2D eigenvalue weighted by atomic mass is 32.1. The minimum absolute atomic E-state index is 0.102. The van der Waals surface area contributed by atoms with E-state index in [2.05, 4.69) is 5.32 Å². The second kappa shape index (κ2) is 6.39. The average molecular weight is 301 g/mol. The van der Waals surface area contributed by atoms with E-state index in [1.54, 1.807) is 0 Å². The zero-order chi connectivity index (χ0) is 14.7. The number of rotatable bonds is 5. The number of nitrogens with one attached hydrogen (secondary N) is 1. The fourth-order valence-electron chi connectivity index (χ4n) is 1.95. The maximum Gasteiger partial charge on any atom is 0.194 e. The monoisotopic (exact) mass is 301 g/mol. The molecule has 1 aromatic heterocycles. The van der Waals surface area contributed by atoms with Crippen LogP contribution in [-0.2, 0) is 0 Å². The van der Waals surface area contributed by atoms with Crippen LogP contribution < -0.4 is 5.32 Å². The third kappa shape index (κ3) is 3.20. The van der Waals surface area contributed by atoms with E-state index in [1.807, 2.05) is 23.8 Å². The van der Waals surface area contributed by atoms with Crippen molar-refractivity contribution in [3.63, 3.8) is 0 Å². The third-order valence-corrected chi connectivity index (χ3v) is 3.79. The summed E-state index contributed by atoms with van der Waals surface area (Å²) in [5, 5.41) is 16.3. The second-order valence-corrected chi connectivity index (χ2v) is 5.26. The second-order valence-electron chi connectivity index (χ2n) is 4.48. The maximum absolute atomic E-state index is 13.2. The van der Waals surface area contributed by atoms with Crippen LogP contribution in [0.25, 0.3) is 0 Å². The Balaban J connectivity index is 2.20. The summed E-state index contributed by atoms with van der Waals surface area (Å²) in [6.45, 7) is 1.53. The maximum atomic E-state index is 13.2. The number of thiophene rings is 1. The van der Waals surface area contributed by atoms with Crippen molar-refractivity contribution in [3.8, 4) is 0 Å². The van der Waals surface area contributed by atoms with Crippen LogP contribution >= 0.6 is 11.3 Å². The highest BCUT2D eigenvalue weighted by Gasteiger charge is 2.19. The normalized spacial score (nSPS) is 14.2. The minimum Gasteiger partial charge on any atom is -0.394 e. The summed E-state index contributed by atoms with van der Waals surface area (Å²) in [5.74, 6) is -4.02. The fourth-order valence-corrected chi connectivity index (χ4v) is 2.70. The first kappa shape index (κ1) is 15.0. The van der Waals surface area contributed by atoms with E-state index in [-0.39, 0.29) is 18.2 Å². The number of hydrogen-bond acceptors (Lipinski definition) is 3. The quantitative estimate of drug-likeness (QED) is 0.828. The zero-order valence-corrected chi connectivity index (χ0v) is 11.6. The van der Waals surface area contributed by atoms with E-state index in [0.29, 0.717) is 0 Å². The van der Waals surface area contributed by atoms with Crippen molar-refractivity contribution in [2.45, 2.75) is 19.0 Å². The van der Waals surface area contributed by atoms with Crippen molar-refractivity contribution in [1.82, 2.24) is 5.32 Å². The Hall–Kier alpha value is -1.37. The van der Waals surface area contributed by atoms with Crippen LogP contribution in [0.1, 0.15) is 30.1 Å². The van der Waals surface area contributed by atoms with Gasteiger partial charge in [-0.3, -0.25) is 0 Å². The molecule has 0 fully saturated rings. The lowest BCUT2D eigenvalue weighted by molar-refractivity contribution is 0.234. The zero-order valence-electron chi connectivity index (χ0n) is 10.7. The van der Waals surface area contributed by atoms with Gasteiger partial charge in [0.15, 0.2) is 17.5 Å². The first-order valence-electron chi connectivity index (χ1n) is 6.06. The van der Waals surface area contributed by atoms with Gasteiger partial charge in [-0.05, 0) is 47.0 Å². The van der Waals surface area contributed by atoms with Crippen molar-refractivity contribution in [3.05, 3.63) is 57.5 Å². The molecule has 20 heavy (non-hydrogen) atoms. The topological polar surface area (TPSA) is 32.3 Å². The van der Waals surface area contributed by atoms with Crippen molar-refractivity contribution in [2.75, 3.05) is 6.61 Å². The Labute approximate surface area is 118 Å². The Morgan fingerprint density at radius 2 is 1.85 bits per heavy atom. The molecule has 0 aliphatic heterocycles. The highest BCUT2D eigenvalue weighted by molar-refractivity contribution is 7.07. The first-order chi connectivity index (χ1) is 9.52. The van der Waals surface area contributed by atoms with Gasteiger partial charge in [0, 0.05) is 6.04 Å². The fraction of sp³-hybridized carbons (Fsp3) is 0.286. The van der Waals surface area contributed by atoms with E-state index < -0.39 is 23.5 Å². The molecule has 0 bridgehead atoms. The molecule has 1 heterocycles. The Kier molecular flexibility index (Phi) is 4.80. The van der Waals surface area contributed by atoms with Crippen LogP contribution in [0.15, 0.2) is 29.0 Å². The van der Waals surface area contributed by atoms with E-state index in [0.717, 1.165) is 17.7 Å². The molecule has 0 aliphatic rings. The lowest BCUT2D eigenvalue weighted by Crippen LogP contribution is -2.27. The van der Waals surface area contributed by atoms with Crippen molar-refractivity contribution < 1.29 is 18.3 Å². The van der Waals surface area contributed by atoms with Crippen molar-refractivity contribution in [1.29, 1.82) is 0 Å². The standard InChI is InChI=1S/C14H14F3NOS/c1-8(9-2-3-20-7-9)18-13(6-19)10-4-11(15)14(17)12(16)5-10/h2-5,7-8,13,18-19H,6H2,1H3. The van der Waals surface area contributed by atoms with Crippen LogP contribution in [0.2, 0.25) is 0 Å². The molecule has 0 saturated heterocycles. The molecular formula is C14H14F3NOS. The Bertz CT molecular complexity index is 551. The summed E-state index contributed by atoms with van der Waals surface area (Å²) in [7, 11) is 0. The number of benzene rings is 1. The predicted molar refractivity (Wildman–Crippen MR) is 72.0 cm³/mol. The van der Waals surface area contributed by atoms with Gasteiger partial charge in [0.25, 0.3) is 0 Å². The van der Waals surface area contributed by atoms with Crippen LogP contribution in [0.3, 0.4) is 0 Å². The van der Waals surface area contributed by atoms with E-state index in [9.17, 15) is 18.3 Å². The molecule has 2 atom stereocenters. The van der Waals surface area contributed by atoms with Gasteiger partial charge in [-0.1, -0.05) is 0 Å². The third-order valence-electron chi connectivity index (χ3n) is 3.09. The molecule has 0 spiro atoms. The van der Waals surface area contributed by atoms with Crippen LogP contribution in [0, 0.1) is 17.5 Å². The van der Waals surface area contributed by atoms with Crippen LogP contribution in [0.5, 0.6) is 0 Å². The molecule has 0 amide bonds. The van der Waals surface area contributed by atoms with E-state index in [4.69, 9.17) is 0 Å². The van der Waals surface area contributed by atoms with Gasteiger partial charge >= 0.3 is 0 Å². The summed E-state index contributed by atoms with van der Waals surface area (Å²) >= 11 is 1.53. The highest BCUT2D eigenvalue weighted by Crippen LogP contribution is 2.23. The van der Waals surface area contributed by atoms with Gasteiger partial charge in [-0.2, -0.15) is 11.3 Å². The predicted octanol–water partition coefficient (Wildman–Crippen LogP) is 3.55. The van der Waals surface area contributed by atoms with Crippen molar-refractivity contribution in [2.24, 2.45) is 0 Å². The Morgan fingerprint density at radius 1 is 1.20 bits per heavy atom. The number of aliphatic hydroxyl groups is 1. The molecule has 2 N–H and O–H groups in total. The molecule has 2 rings (SSSR count). The number of hydrogen-bond donors (Lipinski definition) is 2. The SMILES string of the molecule is CC(NC(CO)c1cc(F)c(F)c(F)c1)c1ccsc1. The lowest BCUT2D eigenvalue weighted by atomic mass is 10.0. The van der Waals surface area contributed by atoms with Gasteiger partial charge in [0.05, 0.1) is 12.6 Å². The van der Waals surface area contributed by atoms with Gasteiger partial charge in [-0.15, -0.1) is 0 Å². The summed E-state index contributed by atoms with van der Waals surface area (Å²) in [6.07, 6.45) is 0. The van der Waals surface area contributed by atoms with Gasteiger partial charge in [-0.25, -0.2) is 13.2 Å². The van der Waals surface area contributed by atoms with Crippen LogP contribution in [-0.4, -0.2) is 11.7 Å². The summed E-state index contributed by atoms with van der Waals surface area (Å²) < 4.78 is 39.4. The molecule has 0 radical (unpaired) electrons. The largest absolute Gasteiger partial charge is 0.394 e. The summed E-state index contributed by atoms with van der Waals surface area (Å²) in [6, 6.07) is 2.94. The van der Waals surface area contributed by atoms with Gasteiger partial charge in [0.1, 0.15) is 0 Å². The molecule has 2 unspecified atom stereocenters.